The number of hydrogen-bond acceptors (Lipinski definition) is 2. The van der Waals surface area contributed by atoms with E-state index in [2.05, 4.69) is 13.8 Å². The van der Waals surface area contributed by atoms with Crippen LogP contribution in [-0.2, 0) is 0 Å². The van der Waals surface area contributed by atoms with Crippen molar-refractivity contribution >= 4 is 5.71 Å². The number of rotatable bonds is 4. The maximum atomic E-state index is 9.05. The first-order chi connectivity index (χ1) is 5.54. The van der Waals surface area contributed by atoms with Gasteiger partial charge in [-0.2, -0.15) is 0 Å². The Labute approximate surface area is 76.5 Å². The second-order valence-electron chi connectivity index (χ2n) is 3.23. The van der Waals surface area contributed by atoms with E-state index < -0.39 is 0 Å². The van der Waals surface area contributed by atoms with Gasteiger partial charge in [0, 0.05) is 5.71 Å². The zero-order valence-electron chi connectivity index (χ0n) is 8.85. The van der Waals surface area contributed by atoms with Gasteiger partial charge in [-0.05, 0) is 26.7 Å². The molecular weight excluding hydrogens is 150 g/mol. The molecule has 0 aliphatic carbocycles. The van der Waals surface area contributed by atoms with Crippen molar-refractivity contribution in [2.75, 3.05) is 0 Å². The first kappa shape index (κ1) is 14.2. The fraction of sp³-hybridized carbons (Fsp3) is 0.900. The van der Waals surface area contributed by atoms with Gasteiger partial charge in [-0.15, -0.1) is 0 Å². The Kier molecular flexibility index (Phi) is 12.6. The summed E-state index contributed by atoms with van der Waals surface area (Å²) in [5.74, 6) is 0. The van der Waals surface area contributed by atoms with Crippen molar-refractivity contribution in [2.24, 2.45) is 0 Å². The summed E-state index contributed by atoms with van der Waals surface area (Å²) >= 11 is 0. The predicted molar refractivity (Wildman–Crippen MR) is 54.9 cm³/mol. The first-order valence-corrected chi connectivity index (χ1v) is 4.74. The number of aliphatic hydroxyl groups is 1. The zero-order valence-corrected chi connectivity index (χ0v) is 8.85. The van der Waals surface area contributed by atoms with Gasteiger partial charge in [-0.3, -0.25) is 0 Å². The standard InChI is InChI=1S/C7H16O.C3H7N/c1-3-5-7(8)6-4-2;1-3(2)4/h7-8H,3-6H2,1-2H3;4H,1-2H3. The maximum absolute atomic E-state index is 9.05. The second-order valence-corrected chi connectivity index (χ2v) is 3.23. The first-order valence-electron chi connectivity index (χ1n) is 4.74. The molecule has 0 aliphatic heterocycles. The molecule has 12 heavy (non-hydrogen) atoms. The van der Waals surface area contributed by atoms with Crippen LogP contribution in [0.1, 0.15) is 53.4 Å². The fourth-order valence-corrected chi connectivity index (χ4v) is 0.811. The van der Waals surface area contributed by atoms with E-state index in [9.17, 15) is 0 Å². The Balaban J connectivity index is 0. The van der Waals surface area contributed by atoms with E-state index in [1.54, 1.807) is 13.8 Å². The highest BCUT2D eigenvalue weighted by atomic mass is 16.3. The van der Waals surface area contributed by atoms with Gasteiger partial charge in [0.1, 0.15) is 0 Å². The summed E-state index contributed by atoms with van der Waals surface area (Å²) in [5, 5.41) is 15.5. The largest absolute Gasteiger partial charge is 0.393 e. The van der Waals surface area contributed by atoms with Crippen molar-refractivity contribution < 1.29 is 5.11 Å². The van der Waals surface area contributed by atoms with Crippen LogP contribution in [0.4, 0.5) is 0 Å². The average molecular weight is 173 g/mol. The summed E-state index contributed by atoms with van der Waals surface area (Å²) in [4.78, 5) is 0. The van der Waals surface area contributed by atoms with Crippen LogP contribution < -0.4 is 0 Å². The maximum Gasteiger partial charge on any atom is 0.0540 e. The average Bonchev–Trinajstić information content (AvgIpc) is 1.87. The molecule has 0 aromatic carbocycles. The van der Waals surface area contributed by atoms with Gasteiger partial charge in [0.15, 0.2) is 0 Å². The summed E-state index contributed by atoms with van der Waals surface area (Å²) in [6.45, 7) is 7.69. The number of hydrogen-bond donors (Lipinski definition) is 2. The Morgan fingerprint density at radius 3 is 1.58 bits per heavy atom. The predicted octanol–water partition coefficient (Wildman–Crippen LogP) is 2.99. The van der Waals surface area contributed by atoms with Crippen LogP contribution in [0.25, 0.3) is 0 Å². The molecule has 0 rings (SSSR count). The van der Waals surface area contributed by atoms with Gasteiger partial charge in [-0.25, -0.2) is 0 Å². The molecule has 74 valence electrons. The Hall–Kier alpha value is -0.370. The molecule has 0 bridgehead atoms. The minimum absolute atomic E-state index is 0.0370. The molecule has 0 atom stereocenters. The molecule has 0 radical (unpaired) electrons. The van der Waals surface area contributed by atoms with E-state index in [1.807, 2.05) is 0 Å². The van der Waals surface area contributed by atoms with Crippen molar-refractivity contribution in [1.29, 1.82) is 5.41 Å². The molecule has 0 spiro atoms. The van der Waals surface area contributed by atoms with Crippen LogP contribution in [0.5, 0.6) is 0 Å². The lowest BCUT2D eigenvalue weighted by molar-refractivity contribution is 0.153. The van der Waals surface area contributed by atoms with E-state index in [4.69, 9.17) is 10.5 Å². The van der Waals surface area contributed by atoms with Gasteiger partial charge in [0.25, 0.3) is 0 Å². The third-order valence-corrected chi connectivity index (χ3v) is 1.24. The van der Waals surface area contributed by atoms with Crippen LogP contribution >= 0.6 is 0 Å². The van der Waals surface area contributed by atoms with E-state index >= 15 is 0 Å². The lowest BCUT2D eigenvalue weighted by Crippen LogP contribution is -2.03. The molecule has 0 aliphatic rings. The fourth-order valence-electron chi connectivity index (χ4n) is 0.811. The zero-order chi connectivity index (χ0) is 9.98. The molecule has 0 saturated carbocycles. The van der Waals surface area contributed by atoms with Gasteiger partial charge in [0.2, 0.25) is 0 Å². The number of aliphatic hydroxyl groups excluding tert-OH is 1. The minimum Gasteiger partial charge on any atom is -0.393 e. The molecule has 0 amide bonds. The molecule has 0 heterocycles. The van der Waals surface area contributed by atoms with Crippen molar-refractivity contribution in [3.8, 4) is 0 Å². The van der Waals surface area contributed by atoms with Crippen LogP contribution in [0.15, 0.2) is 0 Å². The molecule has 0 unspecified atom stereocenters. The van der Waals surface area contributed by atoms with Crippen molar-refractivity contribution in [1.82, 2.24) is 0 Å². The molecule has 2 heteroatoms. The molecular formula is C10H23NO. The van der Waals surface area contributed by atoms with Crippen LogP contribution in [0.2, 0.25) is 0 Å². The van der Waals surface area contributed by atoms with E-state index in [0.717, 1.165) is 25.7 Å². The summed E-state index contributed by atoms with van der Waals surface area (Å²) in [6.07, 6.45) is 4.09. The molecule has 0 aromatic heterocycles. The van der Waals surface area contributed by atoms with E-state index in [1.165, 1.54) is 0 Å². The Bertz CT molecular complexity index is 92.0. The third-order valence-electron chi connectivity index (χ3n) is 1.24. The monoisotopic (exact) mass is 173 g/mol. The number of nitrogens with one attached hydrogen (secondary N) is 1. The summed E-state index contributed by atoms with van der Waals surface area (Å²) < 4.78 is 0. The minimum atomic E-state index is -0.0370. The molecule has 2 nitrogen and oxygen atoms in total. The van der Waals surface area contributed by atoms with Crippen molar-refractivity contribution in [3.63, 3.8) is 0 Å². The highest BCUT2D eigenvalue weighted by Gasteiger charge is 1.97. The molecule has 0 aromatic rings. The van der Waals surface area contributed by atoms with Crippen molar-refractivity contribution in [3.05, 3.63) is 0 Å². The Morgan fingerprint density at radius 1 is 1.17 bits per heavy atom. The third kappa shape index (κ3) is 22.6. The van der Waals surface area contributed by atoms with Gasteiger partial charge in [0.05, 0.1) is 6.10 Å². The lowest BCUT2D eigenvalue weighted by atomic mass is 10.1. The lowest BCUT2D eigenvalue weighted by Gasteiger charge is -2.04. The Morgan fingerprint density at radius 2 is 1.42 bits per heavy atom. The summed E-state index contributed by atoms with van der Waals surface area (Å²) in [6, 6.07) is 0. The smallest absolute Gasteiger partial charge is 0.0540 e. The molecule has 0 fully saturated rings. The van der Waals surface area contributed by atoms with E-state index in [-0.39, 0.29) is 6.10 Å². The van der Waals surface area contributed by atoms with Crippen LogP contribution in [0, 0.1) is 5.41 Å². The highest BCUT2D eigenvalue weighted by molar-refractivity contribution is 5.75. The quantitative estimate of drug-likeness (QED) is 0.631. The van der Waals surface area contributed by atoms with Gasteiger partial charge >= 0.3 is 0 Å². The molecule has 2 N–H and O–H groups in total. The van der Waals surface area contributed by atoms with E-state index in [0.29, 0.717) is 5.71 Å². The summed E-state index contributed by atoms with van der Waals surface area (Å²) in [5.41, 5.74) is 0.667. The second kappa shape index (κ2) is 10.6. The topological polar surface area (TPSA) is 44.1 Å². The van der Waals surface area contributed by atoms with Crippen LogP contribution in [0.3, 0.4) is 0 Å². The summed E-state index contributed by atoms with van der Waals surface area (Å²) in [7, 11) is 0. The van der Waals surface area contributed by atoms with Gasteiger partial charge in [-0.1, -0.05) is 26.7 Å². The normalized spacial score (nSPS) is 9.17. The SMILES string of the molecule is CC(C)=N.CCCC(O)CCC. The highest BCUT2D eigenvalue weighted by Crippen LogP contribution is 2.02. The molecule has 0 saturated heterocycles. The van der Waals surface area contributed by atoms with Gasteiger partial charge < -0.3 is 10.5 Å². The van der Waals surface area contributed by atoms with Crippen molar-refractivity contribution in [2.45, 2.75) is 59.5 Å². The van der Waals surface area contributed by atoms with Crippen LogP contribution in [-0.4, -0.2) is 16.9 Å².